The Labute approximate surface area is 277 Å². The highest BCUT2D eigenvalue weighted by atomic mass is 16.5. The summed E-state index contributed by atoms with van der Waals surface area (Å²) in [4.78, 5) is 43.4. The summed E-state index contributed by atoms with van der Waals surface area (Å²) < 4.78 is 6.56. The first-order valence-corrected chi connectivity index (χ1v) is 16.6. The lowest BCUT2D eigenvalue weighted by Gasteiger charge is -2.38. The van der Waals surface area contributed by atoms with Gasteiger partial charge in [-0.05, 0) is 74.8 Å². The maximum absolute atomic E-state index is 13.8. The van der Waals surface area contributed by atoms with E-state index in [9.17, 15) is 19.5 Å². The predicted octanol–water partition coefficient (Wildman–Crippen LogP) is 5.39. The van der Waals surface area contributed by atoms with Gasteiger partial charge in [0.1, 0.15) is 11.9 Å². The molecule has 47 heavy (non-hydrogen) atoms. The second kappa shape index (κ2) is 15.5. The molecule has 10 nitrogen and oxygen atoms in total. The van der Waals surface area contributed by atoms with Gasteiger partial charge in [0.25, 0.3) is 11.8 Å². The van der Waals surface area contributed by atoms with E-state index >= 15 is 0 Å². The van der Waals surface area contributed by atoms with Crippen LogP contribution in [0.1, 0.15) is 72.2 Å². The summed E-state index contributed by atoms with van der Waals surface area (Å²) in [5.74, 6) is -0.0522. The molecule has 5 rings (SSSR count). The molecule has 3 aromatic rings. The maximum atomic E-state index is 13.8. The number of ether oxygens (including phenoxy) is 1. The third-order valence-electron chi connectivity index (χ3n) is 9.28. The van der Waals surface area contributed by atoms with Gasteiger partial charge in [-0.15, -0.1) is 0 Å². The quantitative estimate of drug-likeness (QED) is 0.218. The van der Waals surface area contributed by atoms with E-state index in [1.54, 1.807) is 47.4 Å². The van der Waals surface area contributed by atoms with Crippen LogP contribution in [0.2, 0.25) is 0 Å². The van der Waals surface area contributed by atoms with Crippen molar-refractivity contribution in [2.45, 2.75) is 64.6 Å². The fourth-order valence-corrected chi connectivity index (χ4v) is 6.38. The number of hydrogen-bond donors (Lipinski definition) is 4. The molecule has 0 unspecified atom stereocenters. The number of hydrogen-bond acceptors (Lipinski definition) is 7. The number of fused-ring (bicyclic) bond motifs is 1. The molecule has 1 aliphatic heterocycles. The lowest BCUT2D eigenvalue weighted by molar-refractivity contribution is -0.120. The summed E-state index contributed by atoms with van der Waals surface area (Å²) in [6, 6.07) is 19.5. The van der Waals surface area contributed by atoms with E-state index in [0.717, 1.165) is 31.2 Å². The van der Waals surface area contributed by atoms with Crippen molar-refractivity contribution in [2.24, 2.45) is 11.8 Å². The van der Waals surface area contributed by atoms with Crippen LogP contribution in [0.5, 0.6) is 5.75 Å². The Morgan fingerprint density at radius 1 is 1.04 bits per heavy atom. The summed E-state index contributed by atoms with van der Waals surface area (Å²) >= 11 is 0. The number of nitrogen functional groups attached to an aromatic ring is 1. The highest BCUT2D eigenvalue weighted by molar-refractivity contribution is 6.05. The molecule has 1 fully saturated rings. The van der Waals surface area contributed by atoms with E-state index < -0.39 is 0 Å². The molecule has 10 heteroatoms. The molecule has 3 amide bonds. The van der Waals surface area contributed by atoms with Gasteiger partial charge in [0.2, 0.25) is 5.91 Å². The van der Waals surface area contributed by atoms with Gasteiger partial charge >= 0.3 is 0 Å². The first kappa shape index (κ1) is 33.9. The number of benzene rings is 3. The number of nitrogens with one attached hydrogen (secondary N) is 2. The summed E-state index contributed by atoms with van der Waals surface area (Å²) in [6.07, 6.45) is 4.80. The molecular weight excluding hydrogens is 594 g/mol. The Hall–Kier alpha value is -4.41. The van der Waals surface area contributed by atoms with Gasteiger partial charge in [0.05, 0.1) is 29.6 Å². The molecule has 1 heterocycles. The zero-order valence-corrected chi connectivity index (χ0v) is 27.6. The highest BCUT2D eigenvalue weighted by Gasteiger charge is 2.34. The van der Waals surface area contributed by atoms with Gasteiger partial charge in [-0.3, -0.25) is 19.3 Å². The van der Waals surface area contributed by atoms with Crippen LogP contribution >= 0.6 is 0 Å². The minimum atomic E-state index is -0.385. The number of para-hydroxylation sites is 2. The van der Waals surface area contributed by atoms with E-state index in [4.69, 9.17) is 10.5 Å². The van der Waals surface area contributed by atoms with E-state index in [1.807, 2.05) is 38.2 Å². The Bertz CT molecular complexity index is 1550. The van der Waals surface area contributed by atoms with Crippen molar-refractivity contribution >= 4 is 34.8 Å². The number of rotatable bonds is 10. The fourth-order valence-electron chi connectivity index (χ4n) is 6.38. The van der Waals surface area contributed by atoms with Gasteiger partial charge < -0.3 is 31.1 Å². The second-order valence-electron chi connectivity index (χ2n) is 13.1. The topological polar surface area (TPSA) is 137 Å². The number of aliphatic hydroxyl groups excluding tert-OH is 1. The Morgan fingerprint density at radius 3 is 2.47 bits per heavy atom. The average molecular weight is 642 g/mol. The number of likely N-dealkylation sites (N-methyl/N-ethyl adjacent to an activating group) is 1. The van der Waals surface area contributed by atoms with E-state index in [1.165, 1.54) is 6.42 Å². The minimum absolute atomic E-state index is 0.00730. The molecule has 0 saturated heterocycles. The van der Waals surface area contributed by atoms with Crippen LogP contribution in [0.25, 0.3) is 0 Å². The van der Waals surface area contributed by atoms with Gasteiger partial charge in [0, 0.05) is 42.7 Å². The van der Waals surface area contributed by atoms with E-state index in [-0.39, 0.29) is 48.3 Å². The zero-order valence-electron chi connectivity index (χ0n) is 27.6. The number of carbonyl (C=O) groups excluding carboxylic acids is 3. The number of carbonyl (C=O) groups is 3. The maximum Gasteiger partial charge on any atom is 0.258 e. The van der Waals surface area contributed by atoms with Crippen LogP contribution < -0.4 is 21.1 Å². The molecule has 3 aromatic carbocycles. The molecule has 250 valence electrons. The van der Waals surface area contributed by atoms with Crippen LogP contribution in [0.3, 0.4) is 0 Å². The van der Waals surface area contributed by atoms with Gasteiger partial charge in [-0.1, -0.05) is 50.5 Å². The van der Waals surface area contributed by atoms with Gasteiger partial charge in [-0.25, -0.2) is 0 Å². The third-order valence-corrected chi connectivity index (χ3v) is 9.28. The minimum Gasteiger partial charge on any atom is -0.488 e. The number of anilines is 3. The van der Waals surface area contributed by atoms with Crippen molar-refractivity contribution in [3.8, 4) is 5.75 Å². The molecular formula is C37H47N5O5. The molecule has 0 spiro atoms. The molecule has 0 bridgehead atoms. The first-order valence-electron chi connectivity index (χ1n) is 16.6. The average Bonchev–Trinajstić information content (AvgIpc) is 3.08. The summed E-state index contributed by atoms with van der Waals surface area (Å²) in [5.41, 5.74) is 9.56. The molecule has 1 saturated carbocycles. The second-order valence-corrected chi connectivity index (χ2v) is 13.1. The van der Waals surface area contributed by atoms with Crippen LogP contribution in [0.15, 0.2) is 66.7 Å². The van der Waals surface area contributed by atoms with E-state index in [0.29, 0.717) is 53.6 Å². The van der Waals surface area contributed by atoms with E-state index in [2.05, 4.69) is 22.5 Å². The van der Waals surface area contributed by atoms with Crippen LogP contribution in [0.4, 0.5) is 17.1 Å². The summed E-state index contributed by atoms with van der Waals surface area (Å²) in [5, 5.41) is 15.9. The predicted molar refractivity (Wildman–Crippen MR) is 184 cm³/mol. The van der Waals surface area contributed by atoms with Crippen LogP contribution in [0, 0.1) is 11.8 Å². The molecule has 2 aliphatic rings. The standard InChI is InChI=1S/C37H47N5O5/c1-24-20-42(25(2)23-43)37(46)30-19-29(39-35(44)27-9-5-4-6-10-27)17-18-33(30)47-34(24)22-41(3)21-26-13-15-28(16-14-26)36(45)40-32-12-8-7-11-31(32)38/h7-8,11-19,24-25,27,34,43H,4-6,9-10,20-23,38H2,1-3H3,(H,39,44)(H,40,45)/t24-,25-,34-/m0/s1. The summed E-state index contributed by atoms with van der Waals surface area (Å²) in [6.45, 7) is 5.33. The highest BCUT2D eigenvalue weighted by Crippen LogP contribution is 2.32. The van der Waals surface area contributed by atoms with Crippen molar-refractivity contribution in [3.63, 3.8) is 0 Å². The van der Waals surface area contributed by atoms with Gasteiger partial charge in [-0.2, -0.15) is 0 Å². The Balaban J connectivity index is 1.28. The van der Waals surface area contributed by atoms with Crippen molar-refractivity contribution in [3.05, 3.63) is 83.4 Å². The fraction of sp³-hybridized carbons (Fsp3) is 0.432. The third kappa shape index (κ3) is 8.50. The SMILES string of the molecule is C[C@H]1CN([C@@H](C)CO)C(=O)c2cc(NC(=O)C3CCCCC3)ccc2O[C@H]1CN(C)Cc1ccc(C(=O)Nc2ccccc2N)cc1. The lowest BCUT2D eigenvalue weighted by atomic mass is 9.88. The molecule has 0 aromatic heterocycles. The molecule has 5 N–H and O–H groups in total. The van der Waals surface area contributed by atoms with Crippen molar-refractivity contribution in [2.75, 3.05) is 43.1 Å². The monoisotopic (exact) mass is 641 g/mol. The zero-order chi connectivity index (χ0) is 33.5. The van der Waals surface area contributed by atoms with Crippen molar-refractivity contribution in [1.82, 2.24) is 9.80 Å². The number of nitrogens with zero attached hydrogens (tertiary/aromatic N) is 2. The van der Waals surface area contributed by atoms with Crippen LogP contribution in [-0.4, -0.2) is 71.5 Å². The first-order chi connectivity index (χ1) is 22.6. The molecule has 3 atom stereocenters. The molecule has 0 radical (unpaired) electrons. The Kier molecular flexibility index (Phi) is 11.2. The largest absolute Gasteiger partial charge is 0.488 e. The molecule has 1 aliphatic carbocycles. The summed E-state index contributed by atoms with van der Waals surface area (Å²) in [7, 11) is 2.01. The number of nitrogens with two attached hydrogens (primary N) is 1. The number of amides is 3. The van der Waals surface area contributed by atoms with Crippen LogP contribution in [-0.2, 0) is 11.3 Å². The number of aliphatic hydroxyl groups is 1. The normalized spacial score (nSPS) is 19.3. The smallest absolute Gasteiger partial charge is 0.258 e. The van der Waals surface area contributed by atoms with Gasteiger partial charge in [0.15, 0.2) is 0 Å². The Morgan fingerprint density at radius 2 is 1.77 bits per heavy atom. The van der Waals surface area contributed by atoms with Crippen molar-refractivity contribution < 1.29 is 24.2 Å². The lowest BCUT2D eigenvalue weighted by Crippen LogP contribution is -2.49. The van der Waals surface area contributed by atoms with Crippen molar-refractivity contribution in [1.29, 1.82) is 0 Å².